The third-order valence-corrected chi connectivity index (χ3v) is 10.7. The minimum Gasteiger partial charge on any atom is -0.451 e. The largest absolute Gasteiger partial charge is 0.451 e. The van der Waals surface area contributed by atoms with Gasteiger partial charge in [0.15, 0.2) is 0 Å². The zero-order valence-electron chi connectivity index (χ0n) is 33.0. The summed E-state index contributed by atoms with van der Waals surface area (Å²) in [5.74, 6) is 0. The molecule has 12 nitrogen and oxygen atoms in total. The maximum atomic E-state index is 12.7. The van der Waals surface area contributed by atoms with Crippen LogP contribution in [0.4, 0.5) is 25.8 Å². The van der Waals surface area contributed by atoms with Gasteiger partial charge in [0.2, 0.25) is 0 Å². The molecule has 0 saturated heterocycles. The molecule has 12 heteroatoms. The molecule has 0 bridgehead atoms. The van der Waals surface area contributed by atoms with Crippen molar-refractivity contribution in [1.82, 2.24) is 30.6 Å². The van der Waals surface area contributed by atoms with Crippen molar-refractivity contribution in [3.63, 3.8) is 0 Å². The third-order valence-electron chi connectivity index (χ3n) is 10.7. The van der Waals surface area contributed by atoms with Crippen molar-refractivity contribution in [3.05, 3.63) is 119 Å². The SMILES string of the molecule is C.C.CC(C)(C)c1ccc2c(c1)CC[C@@H]2NC(=O)Nc1cccc2[nH]ncc12.COC(=O)n1ncc2c(NC(=O)N[C@H]3CCc4cc(C(C)(C)C)ccc43)cccc21. The van der Waals surface area contributed by atoms with Gasteiger partial charge >= 0.3 is 18.2 Å². The molecule has 0 fully saturated rings. The number of benzene rings is 4. The number of methoxy groups -OCH3 is 1. The predicted octanol–water partition coefficient (Wildman–Crippen LogP) is 10.7. The number of aromatic nitrogens is 4. The van der Waals surface area contributed by atoms with Crippen LogP contribution in [0.3, 0.4) is 0 Å². The minimum absolute atomic E-state index is 0. The molecule has 2 atom stereocenters. The first-order chi connectivity index (χ1) is 26.7. The highest BCUT2D eigenvalue weighted by molar-refractivity contribution is 6.02. The van der Waals surface area contributed by atoms with Crippen molar-refractivity contribution in [1.29, 1.82) is 0 Å². The number of H-pyrrole nitrogens is 1. The monoisotopic (exact) mass is 786 g/mol. The number of nitrogens with one attached hydrogen (secondary N) is 5. The number of hydrogen-bond donors (Lipinski definition) is 5. The van der Waals surface area contributed by atoms with Crippen LogP contribution < -0.4 is 21.3 Å². The topological polar surface area (TPSA) is 155 Å². The van der Waals surface area contributed by atoms with E-state index in [-0.39, 0.29) is 49.8 Å². The lowest BCUT2D eigenvalue weighted by molar-refractivity contribution is 0.170. The Kier molecular flexibility index (Phi) is 12.7. The Labute approximate surface area is 341 Å². The average molecular weight is 787 g/mol. The molecule has 2 heterocycles. The molecule has 0 unspecified atom stereocenters. The summed E-state index contributed by atoms with van der Waals surface area (Å²) in [4.78, 5) is 37.1. The fraction of sp³-hybridized carbons (Fsp3) is 0.370. The number of hydrogen-bond acceptors (Lipinski definition) is 6. The number of amides is 4. The second-order valence-electron chi connectivity index (χ2n) is 16.6. The Hall–Kier alpha value is -6.17. The molecule has 0 spiro atoms. The number of nitrogens with zero attached hydrogens (tertiary/aromatic N) is 3. The van der Waals surface area contributed by atoms with E-state index in [0.717, 1.165) is 42.3 Å². The predicted molar refractivity (Wildman–Crippen MR) is 234 cm³/mol. The minimum atomic E-state index is -0.580. The smallest absolute Gasteiger partial charge is 0.434 e. The van der Waals surface area contributed by atoms with Gasteiger partial charge in [0.1, 0.15) is 0 Å². The molecule has 2 aliphatic rings. The molecule has 4 amide bonds. The summed E-state index contributed by atoms with van der Waals surface area (Å²) >= 11 is 0. The number of aromatic amines is 1. The highest BCUT2D eigenvalue weighted by atomic mass is 16.5. The molecular formula is C46H58N8O4. The molecular weight excluding hydrogens is 729 g/mol. The van der Waals surface area contributed by atoms with E-state index in [1.807, 2.05) is 18.2 Å². The van der Waals surface area contributed by atoms with Gasteiger partial charge in [-0.05, 0) is 94.2 Å². The zero-order chi connectivity index (χ0) is 39.8. The van der Waals surface area contributed by atoms with Crippen molar-refractivity contribution >= 4 is 51.3 Å². The van der Waals surface area contributed by atoms with Crippen molar-refractivity contribution in [2.24, 2.45) is 0 Å². The number of ether oxygens (including phenoxy) is 1. The molecule has 0 radical (unpaired) electrons. The molecule has 2 aliphatic carbocycles. The van der Waals surface area contributed by atoms with E-state index in [0.29, 0.717) is 16.6 Å². The lowest BCUT2D eigenvalue weighted by Gasteiger charge is -2.21. The van der Waals surface area contributed by atoms with E-state index in [1.54, 1.807) is 30.6 Å². The number of fused-ring (bicyclic) bond motifs is 4. The van der Waals surface area contributed by atoms with Gasteiger partial charge in [0, 0.05) is 10.8 Å². The van der Waals surface area contributed by atoms with E-state index < -0.39 is 6.09 Å². The first kappa shape index (κ1) is 43.0. The highest BCUT2D eigenvalue weighted by Gasteiger charge is 2.28. The number of rotatable bonds is 4. The van der Waals surface area contributed by atoms with Gasteiger partial charge in [-0.2, -0.15) is 14.9 Å². The first-order valence-corrected chi connectivity index (χ1v) is 19.1. The molecule has 306 valence electrons. The van der Waals surface area contributed by atoms with E-state index >= 15 is 0 Å². The van der Waals surface area contributed by atoms with Crippen molar-refractivity contribution in [2.75, 3.05) is 17.7 Å². The van der Waals surface area contributed by atoms with Crippen LogP contribution in [0.25, 0.3) is 21.8 Å². The Bertz CT molecular complexity index is 2430. The van der Waals surface area contributed by atoms with Crippen LogP contribution in [-0.4, -0.2) is 45.2 Å². The molecule has 8 rings (SSSR count). The van der Waals surface area contributed by atoms with E-state index in [9.17, 15) is 14.4 Å². The van der Waals surface area contributed by atoms with Crippen LogP contribution in [0, 0.1) is 0 Å². The number of aryl methyl sites for hydroxylation is 2. The molecule has 2 aromatic heterocycles. The molecule has 4 aromatic carbocycles. The molecule has 6 aromatic rings. The third kappa shape index (κ3) is 9.01. The Morgan fingerprint density at radius 3 is 1.74 bits per heavy atom. The summed E-state index contributed by atoms with van der Waals surface area (Å²) < 4.78 is 5.90. The van der Waals surface area contributed by atoms with Crippen LogP contribution >= 0.6 is 0 Å². The standard InChI is InChI=1S/C23H26N4O3.C21H24N4O.2CH4/c1-23(2,3)15-9-10-16-14(12-15)8-11-19(16)26-21(28)25-18-6-5-7-20-17(18)13-24-27(20)22(29)30-4;1-21(2,3)14-8-9-15-13(11-14)7-10-18(15)24-20(26)23-17-5-4-6-19-16(17)12-22-25-19;;/h5-7,9-10,12-13,19H,8,11H2,1-4H3,(H2,25,26,28);4-6,8-9,11-12,18H,7,10H2,1-3H3,(H,22,25)(H2,23,24,26);2*1H4/t19-;18-;;/m00../s1. The van der Waals surface area contributed by atoms with Gasteiger partial charge in [0.25, 0.3) is 0 Å². The van der Waals surface area contributed by atoms with E-state index in [2.05, 4.69) is 115 Å². The summed E-state index contributed by atoms with van der Waals surface area (Å²) in [6.07, 6.45) is 6.45. The maximum absolute atomic E-state index is 12.7. The second kappa shape index (κ2) is 17.1. The molecule has 58 heavy (non-hydrogen) atoms. The normalized spacial score (nSPS) is 15.5. The summed E-state index contributed by atoms with van der Waals surface area (Å²) in [7, 11) is 1.30. The van der Waals surface area contributed by atoms with Crippen molar-refractivity contribution in [3.8, 4) is 0 Å². The van der Waals surface area contributed by atoms with Gasteiger partial charge in [-0.1, -0.05) is 105 Å². The number of anilines is 2. The quantitative estimate of drug-likeness (QED) is 0.120. The summed E-state index contributed by atoms with van der Waals surface area (Å²) in [6.45, 7) is 13.3. The molecule has 0 aliphatic heterocycles. The van der Waals surface area contributed by atoms with Gasteiger partial charge in [-0.15, -0.1) is 0 Å². The van der Waals surface area contributed by atoms with Crippen LogP contribution in [0.1, 0.15) is 115 Å². The van der Waals surface area contributed by atoms with E-state index in [4.69, 9.17) is 4.74 Å². The lowest BCUT2D eigenvalue weighted by Crippen LogP contribution is -2.31. The summed E-state index contributed by atoms with van der Waals surface area (Å²) in [6, 6.07) is 23.8. The number of urea groups is 2. The zero-order valence-corrected chi connectivity index (χ0v) is 33.0. The highest BCUT2D eigenvalue weighted by Crippen LogP contribution is 2.36. The van der Waals surface area contributed by atoms with Gasteiger partial charge in [-0.25, -0.2) is 14.4 Å². The molecule has 0 saturated carbocycles. The van der Waals surface area contributed by atoms with Crippen LogP contribution in [0.2, 0.25) is 0 Å². The Balaban J connectivity index is 0.000000215. The van der Waals surface area contributed by atoms with E-state index in [1.165, 1.54) is 45.2 Å². The Morgan fingerprint density at radius 2 is 1.22 bits per heavy atom. The summed E-state index contributed by atoms with van der Waals surface area (Å²) in [5, 5.41) is 24.6. The van der Waals surface area contributed by atoms with Crippen LogP contribution in [0.15, 0.2) is 85.2 Å². The number of carbonyl (C=O) groups excluding carboxylic acids is 3. The fourth-order valence-corrected chi connectivity index (χ4v) is 7.57. The fourth-order valence-electron chi connectivity index (χ4n) is 7.57. The van der Waals surface area contributed by atoms with Crippen molar-refractivity contribution < 1.29 is 19.1 Å². The summed E-state index contributed by atoms with van der Waals surface area (Å²) in [5.41, 5.74) is 10.8. The van der Waals surface area contributed by atoms with Gasteiger partial charge in [0.05, 0.1) is 54.0 Å². The van der Waals surface area contributed by atoms with Crippen LogP contribution in [0.5, 0.6) is 0 Å². The molecule has 5 N–H and O–H groups in total. The second-order valence-corrected chi connectivity index (χ2v) is 16.6. The average Bonchev–Trinajstić information content (AvgIpc) is 3.97. The van der Waals surface area contributed by atoms with Gasteiger partial charge in [-0.3, -0.25) is 5.10 Å². The Morgan fingerprint density at radius 1 is 0.707 bits per heavy atom. The maximum Gasteiger partial charge on any atom is 0.434 e. The number of carbonyl (C=O) groups is 3. The van der Waals surface area contributed by atoms with Gasteiger partial charge < -0.3 is 26.0 Å². The first-order valence-electron chi connectivity index (χ1n) is 19.1. The van der Waals surface area contributed by atoms with Crippen molar-refractivity contribution in [2.45, 2.75) is 105 Å². The lowest BCUT2D eigenvalue weighted by atomic mass is 9.85. The van der Waals surface area contributed by atoms with Crippen LogP contribution in [-0.2, 0) is 28.4 Å².